The van der Waals surface area contributed by atoms with Crippen molar-refractivity contribution in [3.8, 4) is 28.7 Å². The summed E-state index contributed by atoms with van der Waals surface area (Å²) in [7, 11) is 0. The predicted octanol–water partition coefficient (Wildman–Crippen LogP) is 4.54. The van der Waals surface area contributed by atoms with E-state index in [0.29, 0.717) is 29.9 Å². The molecule has 152 valence electrons. The van der Waals surface area contributed by atoms with E-state index in [0.717, 1.165) is 12.8 Å². The van der Waals surface area contributed by atoms with Crippen molar-refractivity contribution in [2.45, 2.75) is 57.7 Å². The standard InChI is InChI=1S/C22H28O6/c1-2-3-4-5-6-9-27-21-13-16-18(25)11-15(23)12-20(16)28-22(21)14-7-8-17(24)19(26)10-14/h7-8,10-12,21-26H,2-6,9,13H2,1H3/t21-,22+/m1/s1. The molecule has 0 unspecified atom stereocenters. The van der Waals surface area contributed by atoms with E-state index in [2.05, 4.69) is 6.92 Å². The van der Waals surface area contributed by atoms with Crippen LogP contribution in [0.3, 0.4) is 0 Å². The number of fused-ring (bicyclic) bond motifs is 1. The van der Waals surface area contributed by atoms with Crippen molar-refractivity contribution in [1.82, 2.24) is 0 Å². The topological polar surface area (TPSA) is 99.4 Å². The van der Waals surface area contributed by atoms with Gasteiger partial charge in [0.25, 0.3) is 0 Å². The molecule has 2 aromatic rings. The fourth-order valence-electron chi connectivity index (χ4n) is 3.53. The van der Waals surface area contributed by atoms with Crippen LogP contribution in [0.1, 0.15) is 56.3 Å². The van der Waals surface area contributed by atoms with Gasteiger partial charge in [0.15, 0.2) is 17.6 Å². The number of phenolic OH excluding ortho intramolecular Hbond substituents is 4. The molecule has 0 bridgehead atoms. The quantitative estimate of drug-likeness (QED) is 0.391. The number of benzene rings is 2. The lowest BCUT2D eigenvalue weighted by Crippen LogP contribution is -2.33. The van der Waals surface area contributed by atoms with Gasteiger partial charge in [-0.05, 0) is 24.1 Å². The molecule has 0 saturated carbocycles. The Kier molecular flexibility index (Phi) is 6.52. The molecular weight excluding hydrogens is 360 g/mol. The van der Waals surface area contributed by atoms with Crippen LogP contribution >= 0.6 is 0 Å². The maximum atomic E-state index is 10.2. The van der Waals surface area contributed by atoms with E-state index in [4.69, 9.17) is 9.47 Å². The minimum atomic E-state index is -0.532. The third-order valence-electron chi connectivity index (χ3n) is 5.07. The number of ether oxygens (including phenoxy) is 2. The normalized spacial score (nSPS) is 18.5. The average Bonchev–Trinajstić information content (AvgIpc) is 2.66. The van der Waals surface area contributed by atoms with E-state index in [1.54, 1.807) is 6.07 Å². The number of hydrogen-bond donors (Lipinski definition) is 4. The number of aromatic hydroxyl groups is 4. The summed E-state index contributed by atoms with van der Waals surface area (Å²) in [6.07, 6.45) is 5.15. The van der Waals surface area contributed by atoms with Crippen LogP contribution in [0.4, 0.5) is 0 Å². The average molecular weight is 388 g/mol. The van der Waals surface area contributed by atoms with Gasteiger partial charge in [0.05, 0.1) is 0 Å². The highest BCUT2D eigenvalue weighted by Gasteiger charge is 2.34. The van der Waals surface area contributed by atoms with Crippen LogP contribution in [0.2, 0.25) is 0 Å². The monoisotopic (exact) mass is 388 g/mol. The summed E-state index contributed by atoms with van der Waals surface area (Å²) in [6.45, 7) is 2.75. The maximum absolute atomic E-state index is 10.2. The SMILES string of the molecule is CCCCCCCO[C@@H]1Cc2c(O)cc(O)cc2O[C@H]1c1ccc(O)c(O)c1. The lowest BCUT2D eigenvalue weighted by molar-refractivity contribution is -0.0393. The summed E-state index contributed by atoms with van der Waals surface area (Å²) >= 11 is 0. The van der Waals surface area contributed by atoms with Gasteiger partial charge in [-0.1, -0.05) is 38.7 Å². The van der Waals surface area contributed by atoms with Gasteiger partial charge in [0, 0.05) is 30.7 Å². The van der Waals surface area contributed by atoms with Crippen LogP contribution in [0.5, 0.6) is 28.7 Å². The van der Waals surface area contributed by atoms with Crippen LogP contribution in [-0.4, -0.2) is 33.1 Å². The van der Waals surface area contributed by atoms with E-state index in [1.165, 1.54) is 43.5 Å². The maximum Gasteiger partial charge on any atom is 0.157 e. The van der Waals surface area contributed by atoms with Crippen LogP contribution < -0.4 is 4.74 Å². The Morgan fingerprint density at radius 2 is 1.71 bits per heavy atom. The first kappa shape index (κ1) is 20.1. The largest absolute Gasteiger partial charge is 0.508 e. The van der Waals surface area contributed by atoms with Crippen molar-refractivity contribution in [1.29, 1.82) is 0 Å². The molecule has 3 rings (SSSR count). The molecule has 2 aromatic carbocycles. The Balaban J connectivity index is 1.79. The van der Waals surface area contributed by atoms with Crippen LogP contribution in [-0.2, 0) is 11.2 Å². The Hall–Kier alpha value is -2.60. The molecule has 4 N–H and O–H groups in total. The second-order valence-electron chi connectivity index (χ2n) is 7.26. The predicted molar refractivity (Wildman–Crippen MR) is 105 cm³/mol. The lowest BCUT2D eigenvalue weighted by Gasteiger charge is -2.34. The number of phenols is 4. The van der Waals surface area contributed by atoms with Crippen molar-refractivity contribution in [3.05, 3.63) is 41.5 Å². The molecule has 0 fully saturated rings. The summed E-state index contributed by atoms with van der Waals surface area (Å²) in [5.74, 6) is -0.164. The highest BCUT2D eigenvalue weighted by Crippen LogP contribution is 2.43. The molecule has 0 amide bonds. The zero-order chi connectivity index (χ0) is 20.1. The van der Waals surface area contributed by atoms with Crippen molar-refractivity contribution in [2.75, 3.05) is 6.61 Å². The highest BCUT2D eigenvalue weighted by atomic mass is 16.5. The molecular formula is C22H28O6. The number of unbranched alkanes of at least 4 members (excludes halogenated alkanes) is 4. The molecule has 0 radical (unpaired) electrons. The van der Waals surface area contributed by atoms with Crippen molar-refractivity contribution < 1.29 is 29.9 Å². The van der Waals surface area contributed by atoms with Gasteiger partial charge < -0.3 is 29.9 Å². The summed E-state index contributed by atoms with van der Waals surface area (Å²) in [5, 5.41) is 39.4. The van der Waals surface area contributed by atoms with E-state index >= 15 is 0 Å². The summed E-state index contributed by atoms with van der Waals surface area (Å²) in [4.78, 5) is 0. The Morgan fingerprint density at radius 1 is 0.929 bits per heavy atom. The fraction of sp³-hybridized carbons (Fsp3) is 0.455. The third-order valence-corrected chi connectivity index (χ3v) is 5.07. The van der Waals surface area contributed by atoms with Crippen LogP contribution in [0.25, 0.3) is 0 Å². The molecule has 2 atom stereocenters. The van der Waals surface area contributed by atoms with Gasteiger partial charge in [0.1, 0.15) is 23.4 Å². The van der Waals surface area contributed by atoms with Crippen molar-refractivity contribution >= 4 is 0 Å². The number of hydrogen-bond acceptors (Lipinski definition) is 6. The summed E-state index contributed by atoms with van der Waals surface area (Å²) in [6, 6.07) is 7.28. The van der Waals surface area contributed by atoms with Gasteiger partial charge >= 0.3 is 0 Å². The van der Waals surface area contributed by atoms with Gasteiger partial charge in [-0.15, -0.1) is 0 Å². The van der Waals surface area contributed by atoms with E-state index < -0.39 is 6.10 Å². The molecule has 28 heavy (non-hydrogen) atoms. The van der Waals surface area contributed by atoms with E-state index in [1.807, 2.05) is 0 Å². The van der Waals surface area contributed by atoms with Crippen molar-refractivity contribution in [3.63, 3.8) is 0 Å². The van der Waals surface area contributed by atoms with E-state index in [9.17, 15) is 20.4 Å². The second kappa shape index (κ2) is 9.06. The molecule has 1 heterocycles. The summed E-state index contributed by atoms with van der Waals surface area (Å²) < 4.78 is 12.1. The fourth-order valence-corrected chi connectivity index (χ4v) is 3.53. The second-order valence-corrected chi connectivity index (χ2v) is 7.26. The zero-order valence-electron chi connectivity index (χ0n) is 16.1. The van der Waals surface area contributed by atoms with Gasteiger partial charge in [-0.3, -0.25) is 0 Å². The smallest absolute Gasteiger partial charge is 0.157 e. The molecule has 6 nitrogen and oxygen atoms in total. The first-order valence-electron chi connectivity index (χ1n) is 9.84. The first-order valence-corrected chi connectivity index (χ1v) is 9.84. The molecule has 1 aliphatic rings. The highest BCUT2D eigenvalue weighted by molar-refractivity contribution is 5.52. The molecule has 0 spiro atoms. The lowest BCUT2D eigenvalue weighted by atomic mass is 9.93. The molecule has 1 aliphatic heterocycles. The first-order chi connectivity index (χ1) is 13.5. The Morgan fingerprint density at radius 3 is 2.46 bits per heavy atom. The van der Waals surface area contributed by atoms with E-state index in [-0.39, 0.29) is 29.1 Å². The van der Waals surface area contributed by atoms with Gasteiger partial charge in [-0.25, -0.2) is 0 Å². The molecule has 6 heteroatoms. The van der Waals surface area contributed by atoms with Crippen LogP contribution in [0, 0.1) is 0 Å². The Bertz CT molecular complexity index is 804. The molecule has 0 aromatic heterocycles. The minimum Gasteiger partial charge on any atom is -0.508 e. The third kappa shape index (κ3) is 4.62. The molecule has 0 aliphatic carbocycles. The van der Waals surface area contributed by atoms with Gasteiger partial charge in [-0.2, -0.15) is 0 Å². The number of rotatable bonds is 8. The Labute approximate surface area is 165 Å². The van der Waals surface area contributed by atoms with Gasteiger partial charge in [0.2, 0.25) is 0 Å². The minimum absolute atomic E-state index is 0.0291. The van der Waals surface area contributed by atoms with Crippen LogP contribution in [0.15, 0.2) is 30.3 Å². The zero-order valence-corrected chi connectivity index (χ0v) is 16.1. The van der Waals surface area contributed by atoms with Crippen molar-refractivity contribution in [2.24, 2.45) is 0 Å². The molecule has 0 saturated heterocycles. The summed E-state index contributed by atoms with van der Waals surface area (Å²) in [5.41, 5.74) is 1.24.